The Kier molecular flexibility index (Phi) is 5.08. The van der Waals surface area contributed by atoms with E-state index in [1.54, 1.807) is 7.11 Å². The summed E-state index contributed by atoms with van der Waals surface area (Å²) in [6.45, 7) is 4.34. The Morgan fingerprint density at radius 3 is 2.25 bits per heavy atom. The number of ether oxygens (including phenoxy) is 1. The van der Waals surface area contributed by atoms with Crippen LogP contribution >= 0.6 is 11.6 Å². The van der Waals surface area contributed by atoms with E-state index >= 15 is 0 Å². The van der Waals surface area contributed by atoms with Crippen molar-refractivity contribution in [3.63, 3.8) is 0 Å². The number of hydrogen-bond donors (Lipinski definition) is 0. The van der Waals surface area contributed by atoms with Crippen molar-refractivity contribution in [3.8, 4) is 5.75 Å². The van der Waals surface area contributed by atoms with E-state index in [9.17, 15) is 0 Å². The monoisotopic (exact) mass is 288 g/mol. The molecule has 2 aromatic rings. The van der Waals surface area contributed by atoms with Gasteiger partial charge in [0, 0.05) is 0 Å². The molecular formula is C18H21ClO. The normalized spacial score (nSPS) is 12.2. The fraction of sp³-hybridized carbons (Fsp3) is 0.333. The molecule has 0 spiro atoms. The van der Waals surface area contributed by atoms with Crippen molar-refractivity contribution < 1.29 is 4.74 Å². The van der Waals surface area contributed by atoms with Gasteiger partial charge in [0.2, 0.25) is 0 Å². The molecule has 0 aliphatic carbocycles. The molecular weight excluding hydrogens is 268 g/mol. The highest BCUT2D eigenvalue weighted by Gasteiger charge is 2.14. The molecule has 1 atom stereocenters. The third kappa shape index (κ3) is 3.16. The van der Waals surface area contributed by atoms with Crippen LogP contribution in [0, 0.1) is 0 Å². The van der Waals surface area contributed by atoms with Crippen molar-refractivity contribution in [2.75, 3.05) is 7.11 Å². The third-order valence-corrected chi connectivity index (χ3v) is 4.17. The van der Waals surface area contributed by atoms with Gasteiger partial charge in [-0.25, -0.2) is 0 Å². The van der Waals surface area contributed by atoms with Gasteiger partial charge in [0.25, 0.3) is 0 Å². The van der Waals surface area contributed by atoms with Gasteiger partial charge in [-0.3, -0.25) is 0 Å². The van der Waals surface area contributed by atoms with Crippen LogP contribution in [0.15, 0.2) is 42.5 Å². The molecule has 2 aromatic carbocycles. The average Bonchev–Trinajstić information content (AvgIpc) is 2.53. The van der Waals surface area contributed by atoms with E-state index in [1.165, 1.54) is 16.7 Å². The van der Waals surface area contributed by atoms with Crippen LogP contribution in [0.2, 0.25) is 0 Å². The number of halogens is 1. The van der Waals surface area contributed by atoms with Gasteiger partial charge < -0.3 is 4.74 Å². The first-order valence-corrected chi connectivity index (χ1v) is 7.53. The summed E-state index contributed by atoms with van der Waals surface area (Å²) in [5.41, 5.74) is 4.98. The van der Waals surface area contributed by atoms with Gasteiger partial charge in [-0.15, -0.1) is 11.6 Å². The van der Waals surface area contributed by atoms with Gasteiger partial charge in [-0.2, -0.15) is 0 Å². The maximum Gasteiger partial charge on any atom is 0.118 e. The van der Waals surface area contributed by atoms with Crippen LogP contribution < -0.4 is 4.74 Å². The number of aryl methyl sites for hydroxylation is 2. The molecule has 2 heteroatoms. The lowest BCUT2D eigenvalue weighted by atomic mass is 9.95. The van der Waals surface area contributed by atoms with Crippen molar-refractivity contribution in [1.29, 1.82) is 0 Å². The second kappa shape index (κ2) is 6.81. The lowest BCUT2D eigenvalue weighted by Crippen LogP contribution is -2.00. The Balaban J connectivity index is 2.37. The van der Waals surface area contributed by atoms with Gasteiger partial charge in [-0.1, -0.05) is 44.2 Å². The van der Waals surface area contributed by atoms with Crippen LogP contribution in [0.5, 0.6) is 5.75 Å². The summed E-state index contributed by atoms with van der Waals surface area (Å²) < 4.78 is 5.19. The van der Waals surface area contributed by atoms with E-state index in [2.05, 4.69) is 32.0 Å². The van der Waals surface area contributed by atoms with Crippen LogP contribution in [-0.2, 0) is 12.8 Å². The standard InChI is InChI=1S/C18H21ClO/c1-4-13-6-7-14(5-2)17(12-13)18(19)15-8-10-16(20-3)11-9-15/h6-12,18H,4-5H2,1-3H3. The summed E-state index contributed by atoms with van der Waals surface area (Å²) in [6, 6.07) is 14.6. The smallest absolute Gasteiger partial charge is 0.118 e. The third-order valence-electron chi connectivity index (χ3n) is 3.68. The molecule has 0 amide bonds. The molecule has 2 rings (SSSR count). The number of rotatable bonds is 5. The quantitative estimate of drug-likeness (QED) is 0.692. The maximum atomic E-state index is 6.70. The number of alkyl halides is 1. The summed E-state index contributed by atoms with van der Waals surface area (Å²) in [5.74, 6) is 0.857. The molecule has 20 heavy (non-hydrogen) atoms. The molecule has 0 aliphatic heterocycles. The first-order valence-electron chi connectivity index (χ1n) is 7.09. The van der Waals surface area contributed by atoms with E-state index in [0.29, 0.717) is 0 Å². The van der Waals surface area contributed by atoms with E-state index in [4.69, 9.17) is 16.3 Å². The number of hydrogen-bond acceptors (Lipinski definition) is 1. The highest BCUT2D eigenvalue weighted by atomic mass is 35.5. The second-order valence-electron chi connectivity index (χ2n) is 4.88. The summed E-state index contributed by atoms with van der Waals surface area (Å²) in [4.78, 5) is 0. The number of benzene rings is 2. The Morgan fingerprint density at radius 2 is 1.70 bits per heavy atom. The summed E-state index contributed by atoms with van der Waals surface area (Å²) in [6.07, 6.45) is 2.03. The molecule has 0 aliphatic rings. The molecule has 0 aromatic heterocycles. The van der Waals surface area contributed by atoms with Crippen LogP contribution in [0.3, 0.4) is 0 Å². The second-order valence-corrected chi connectivity index (χ2v) is 5.31. The molecule has 1 unspecified atom stereocenters. The average molecular weight is 289 g/mol. The van der Waals surface area contributed by atoms with Crippen molar-refractivity contribution >= 4 is 11.6 Å². The van der Waals surface area contributed by atoms with Crippen LogP contribution in [0.4, 0.5) is 0 Å². The van der Waals surface area contributed by atoms with Crippen molar-refractivity contribution in [2.45, 2.75) is 32.1 Å². The zero-order chi connectivity index (χ0) is 14.5. The maximum absolute atomic E-state index is 6.70. The van der Waals surface area contributed by atoms with Gasteiger partial charge in [0.1, 0.15) is 5.75 Å². The molecule has 0 fully saturated rings. The van der Waals surface area contributed by atoms with Gasteiger partial charge >= 0.3 is 0 Å². The fourth-order valence-electron chi connectivity index (χ4n) is 2.37. The van der Waals surface area contributed by atoms with Crippen LogP contribution in [0.25, 0.3) is 0 Å². The van der Waals surface area contributed by atoms with Crippen molar-refractivity contribution in [2.24, 2.45) is 0 Å². The topological polar surface area (TPSA) is 9.23 Å². The van der Waals surface area contributed by atoms with Gasteiger partial charge in [0.15, 0.2) is 0 Å². The minimum Gasteiger partial charge on any atom is -0.497 e. The van der Waals surface area contributed by atoms with Crippen LogP contribution in [-0.4, -0.2) is 7.11 Å². The molecule has 0 saturated heterocycles. The largest absolute Gasteiger partial charge is 0.497 e. The lowest BCUT2D eigenvalue weighted by molar-refractivity contribution is 0.414. The van der Waals surface area contributed by atoms with Crippen LogP contribution in [0.1, 0.15) is 41.5 Å². The van der Waals surface area contributed by atoms with E-state index < -0.39 is 0 Å². The first-order chi connectivity index (χ1) is 9.69. The predicted octanol–water partition coefficient (Wildman–Crippen LogP) is 5.15. The van der Waals surface area contributed by atoms with Crippen molar-refractivity contribution in [1.82, 2.24) is 0 Å². The predicted molar refractivity (Wildman–Crippen MR) is 85.9 cm³/mol. The summed E-state index contributed by atoms with van der Waals surface area (Å²) >= 11 is 6.70. The lowest BCUT2D eigenvalue weighted by Gasteiger charge is -2.16. The molecule has 106 valence electrons. The van der Waals surface area contributed by atoms with Gasteiger partial charge in [-0.05, 0) is 47.2 Å². The highest BCUT2D eigenvalue weighted by molar-refractivity contribution is 6.22. The SMILES string of the molecule is CCc1ccc(CC)c(C(Cl)c2ccc(OC)cc2)c1. The molecule has 0 N–H and O–H groups in total. The molecule has 0 radical (unpaired) electrons. The summed E-state index contributed by atoms with van der Waals surface area (Å²) in [7, 11) is 1.67. The molecule has 0 saturated carbocycles. The minimum atomic E-state index is -0.109. The zero-order valence-corrected chi connectivity index (χ0v) is 13.1. The first kappa shape index (κ1) is 14.9. The highest BCUT2D eigenvalue weighted by Crippen LogP contribution is 2.33. The van der Waals surface area contributed by atoms with E-state index in [1.807, 2.05) is 24.3 Å². The summed E-state index contributed by atoms with van der Waals surface area (Å²) in [5, 5.41) is -0.109. The zero-order valence-electron chi connectivity index (χ0n) is 12.3. The van der Waals surface area contributed by atoms with E-state index in [-0.39, 0.29) is 5.38 Å². The molecule has 0 bridgehead atoms. The molecule has 1 nitrogen and oxygen atoms in total. The fourth-order valence-corrected chi connectivity index (χ4v) is 2.72. The Morgan fingerprint density at radius 1 is 1.00 bits per heavy atom. The van der Waals surface area contributed by atoms with E-state index in [0.717, 1.165) is 24.2 Å². The van der Waals surface area contributed by atoms with Crippen molar-refractivity contribution in [3.05, 3.63) is 64.7 Å². The number of methoxy groups -OCH3 is 1. The Bertz CT molecular complexity index is 560. The minimum absolute atomic E-state index is 0.109. The Labute approximate surface area is 126 Å². The van der Waals surface area contributed by atoms with Gasteiger partial charge in [0.05, 0.1) is 12.5 Å². The Hall–Kier alpha value is -1.47. The molecule has 0 heterocycles.